The van der Waals surface area contributed by atoms with Crippen LogP contribution in [-0.4, -0.2) is 71.4 Å². The van der Waals surface area contributed by atoms with Gasteiger partial charge in [0.25, 0.3) is 6.47 Å². The van der Waals surface area contributed by atoms with Gasteiger partial charge in [0.05, 0.1) is 35.8 Å². The van der Waals surface area contributed by atoms with Crippen molar-refractivity contribution < 1.29 is 20.1 Å². The van der Waals surface area contributed by atoms with Gasteiger partial charge in [0.2, 0.25) is 11.8 Å². The molecule has 2 heterocycles. The van der Waals surface area contributed by atoms with E-state index >= 15 is 0 Å². The molecule has 2 aliphatic rings. The van der Waals surface area contributed by atoms with Gasteiger partial charge in [-0.05, 0) is 97.1 Å². The Balaban J connectivity index is 0.00000128. The summed E-state index contributed by atoms with van der Waals surface area (Å²) in [5.74, 6) is 1.59. The van der Waals surface area contributed by atoms with Gasteiger partial charge in [-0.2, -0.15) is 10.2 Å². The number of nitrogens with one attached hydrogen (secondary N) is 2. The van der Waals surface area contributed by atoms with E-state index in [2.05, 4.69) is 40.8 Å². The largest absolute Gasteiger partial charge is 0.493 e. The zero-order valence-electron chi connectivity index (χ0n) is 24.1. The maximum Gasteiger partial charge on any atom is 0.290 e. The lowest BCUT2D eigenvalue weighted by atomic mass is 10.2. The topological polar surface area (TPSA) is 176 Å². The fraction of sp³-hybridized carbons (Fsp3) is 0.121. The molecule has 12 heteroatoms. The van der Waals surface area contributed by atoms with E-state index in [9.17, 15) is 10.2 Å². The van der Waals surface area contributed by atoms with Crippen molar-refractivity contribution in [2.24, 2.45) is 30.2 Å². The Hall–Kier alpha value is -6.17. The predicted octanol–water partition coefficient (Wildman–Crippen LogP) is 5.78. The van der Waals surface area contributed by atoms with Crippen LogP contribution in [0.1, 0.15) is 22.3 Å². The lowest BCUT2D eigenvalue weighted by Crippen LogP contribution is -2.19. The molecule has 0 aromatic heterocycles. The van der Waals surface area contributed by atoms with Crippen molar-refractivity contribution >= 4 is 52.7 Å². The van der Waals surface area contributed by atoms with E-state index in [4.69, 9.17) is 9.90 Å². The molecule has 0 radical (unpaired) electrons. The molecule has 45 heavy (non-hydrogen) atoms. The van der Waals surface area contributed by atoms with Crippen molar-refractivity contribution in [1.82, 2.24) is 10.6 Å². The number of carboxylic acid groups (broad SMARTS) is 1. The predicted molar refractivity (Wildman–Crippen MR) is 175 cm³/mol. The van der Waals surface area contributed by atoms with Gasteiger partial charge in [-0.1, -0.05) is 0 Å². The van der Waals surface area contributed by atoms with Crippen molar-refractivity contribution in [2.75, 3.05) is 26.2 Å². The molecule has 0 saturated heterocycles. The van der Waals surface area contributed by atoms with Gasteiger partial charge < -0.3 is 26.0 Å². The first kappa shape index (κ1) is 30.3. The van der Waals surface area contributed by atoms with E-state index in [0.717, 1.165) is 49.0 Å². The fourth-order valence-corrected chi connectivity index (χ4v) is 4.41. The number of aliphatic hydroxyl groups excluding tert-OH is 2. The Kier molecular flexibility index (Phi) is 9.98. The average Bonchev–Trinajstić information content (AvgIpc) is 3.81. The molecule has 0 amide bonds. The highest BCUT2D eigenvalue weighted by molar-refractivity contribution is 6.01. The number of amidine groups is 2. The number of aliphatic imine (C=N–C) groups is 4. The third kappa shape index (κ3) is 8.23. The van der Waals surface area contributed by atoms with Crippen LogP contribution in [0.4, 0.5) is 22.7 Å². The smallest absolute Gasteiger partial charge is 0.290 e. The van der Waals surface area contributed by atoms with Gasteiger partial charge in [-0.15, -0.1) is 0 Å². The summed E-state index contributed by atoms with van der Waals surface area (Å²) in [7, 11) is 0. The number of benzene rings is 4. The molecule has 0 unspecified atom stereocenters. The fourth-order valence-electron chi connectivity index (χ4n) is 4.41. The van der Waals surface area contributed by atoms with Crippen LogP contribution in [0, 0.1) is 0 Å². The quantitative estimate of drug-likeness (QED) is 0.0739. The number of hydrogen-bond donors (Lipinski definition) is 5. The van der Waals surface area contributed by atoms with Crippen molar-refractivity contribution in [2.45, 2.75) is 0 Å². The molecular formula is C33H30N8O4. The second-order valence-electron chi connectivity index (χ2n) is 9.68. The van der Waals surface area contributed by atoms with Crippen LogP contribution >= 0.6 is 0 Å². The van der Waals surface area contributed by atoms with Gasteiger partial charge >= 0.3 is 0 Å². The molecule has 0 aliphatic carbocycles. The molecule has 4 aromatic rings. The third-order valence-electron chi connectivity index (χ3n) is 6.63. The Morgan fingerprint density at radius 1 is 0.578 bits per heavy atom. The number of azo groups is 1. The minimum Gasteiger partial charge on any atom is -0.493 e. The van der Waals surface area contributed by atoms with Crippen LogP contribution in [-0.2, 0) is 4.79 Å². The number of hydrogen-bond acceptors (Lipinski definition) is 9. The maximum atomic E-state index is 10.5. The Morgan fingerprint density at radius 2 is 0.911 bits per heavy atom. The zero-order valence-corrected chi connectivity index (χ0v) is 24.1. The first-order chi connectivity index (χ1) is 22.0. The Bertz CT molecular complexity index is 1630. The normalized spacial score (nSPS) is 14.6. The van der Waals surface area contributed by atoms with Crippen molar-refractivity contribution in [3.05, 3.63) is 119 Å². The van der Waals surface area contributed by atoms with E-state index in [1.807, 2.05) is 48.5 Å². The summed E-state index contributed by atoms with van der Waals surface area (Å²) in [6, 6.07) is 29.0. The lowest BCUT2D eigenvalue weighted by Gasteiger charge is -2.04. The first-order valence-electron chi connectivity index (χ1n) is 14.1. The second kappa shape index (κ2) is 14.8. The molecule has 0 atom stereocenters. The molecule has 2 aliphatic heterocycles. The van der Waals surface area contributed by atoms with Crippen molar-refractivity contribution in [3.8, 4) is 0 Å². The van der Waals surface area contributed by atoms with Crippen molar-refractivity contribution in [3.63, 3.8) is 0 Å². The molecule has 4 aromatic carbocycles. The molecule has 5 N–H and O–H groups in total. The van der Waals surface area contributed by atoms with Crippen LogP contribution in [0.3, 0.4) is 0 Å². The molecule has 0 bridgehead atoms. The molecule has 226 valence electrons. The molecule has 12 nitrogen and oxygen atoms in total. The molecule has 0 saturated carbocycles. The SMILES string of the molecule is O=CO.OC(=Nc1ccc(C2=NCCN2)cc1)c1ccc(N=Nc2ccc(C(O)=Nc3ccc(C4=NCCN4)cc3)cc2)cc1. The summed E-state index contributed by atoms with van der Waals surface area (Å²) in [4.78, 5) is 25.8. The molecule has 0 fully saturated rings. The Labute approximate surface area is 259 Å². The number of rotatable bonds is 8. The minimum atomic E-state index is -0.250. The standard InChI is InChI=1S/C32H28N8O2.CH2O2/c41-31(37-25-9-1-21(2-10-25)29-33-17-18-34-29)23-5-13-27(14-6-23)39-40-28-15-7-24(8-16-28)32(42)38-26-11-3-22(4-12-26)30-35-19-20-36-30;2-1-3/h1-16H,17-20H2,(H,33,34)(H,35,36)(H,37,41)(H,38,42);1H,(H,2,3). The minimum absolute atomic E-state index is 0.0872. The lowest BCUT2D eigenvalue weighted by molar-refractivity contribution is -0.122. The molecular weight excluding hydrogens is 572 g/mol. The second-order valence-corrected chi connectivity index (χ2v) is 9.68. The van der Waals surface area contributed by atoms with E-state index in [1.54, 1.807) is 48.5 Å². The molecule has 0 spiro atoms. The van der Waals surface area contributed by atoms with Crippen LogP contribution in [0.5, 0.6) is 0 Å². The monoisotopic (exact) mass is 602 g/mol. The van der Waals surface area contributed by atoms with Crippen molar-refractivity contribution in [1.29, 1.82) is 0 Å². The van der Waals surface area contributed by atoms with Gasteiger partial charge in [-0.3, -0.25) is 14.8 Å². The third-order valence-corrected chi connectivity index (χ3v) is 6.63. The molecule has 6 rings (SSSR count). The van der Waals surface area contributed by atoms with Gasteiger partial charge in [0, 0.05) is 35.3 Å². The summed E-state index contributed by atoms with van der Waals surface area (Å²) < 4.78 is 0. The van der Waals surface area contributed by atoms with Crippen LogP contribution in [0.15, 0.2) is 127 Å². The van der Waals surface area contributed by atoms with Crippen LogP contribution < -0.4 is 10.6 Å². The highest BCUT2D eigenvalue weighted by Gasteiger charge is 2.09. The highest BCUT2D eigenvalue weighted by atomic mass is 16.3. The highest BCUT2D eigenvalue weighted by Crippen LogP contribution is 2.22. The number of aliphatic hydroxyl groups is 2. The number of carbonyl (C=O) groups is 1. The van der Waals surface area contributed by atoms with E-state index in [-0.39, 0.29) is 18.3 Å². The summed E-state index contributed by atoms with van der Waals surface area (Å²) in [6.45, 7) is 3.01. The van der Waals surface area contributed by atoms with Crippen LogP contribution in [0.2, 0.25) is 0 Å². The summed E-state index contributed by atoms with van der Waals surface area (Å²) in [6.07, 6.45) is 0. The summed E-state index contributed by atoms with van der Waals surface area (Å²) in [5.41, 5.74) is 5.65. The average molecular weight is 603 g/mol. The Morgan fingerprint density at radius 3 is 1.22 bits per heavy atom. The van der Waals surface area contributed by atoms with Gasteiger partial charge in [-0.25, -0.2) is 9.98 Å². The summed E-state index contributed by atoms with van der Waals surface area (Å²) >= 11 is 0. The van der Waals surface area contributed by atoms with E-state index in [1.165, 1.54) is 0 Å². The van der Waals surface area contributed by atoms with Crippen LogP contribution in [0.25, 0.3) is 0 Å². The summed E-state index contributed by atoms with van der Waals surface area (Å²) in [5, 5.41) is 42.9. The number of nitrogens with zero attached hydrogens (tertiary/aromatic N) is 6. The van der Waals surface area contributed by atoms with E-state index < -0.39 is 0 Å². The van der Waals surface area contributed by atoms with E-state index in [0.29, 0.717) is 33.9 Å². The zero-order chi connectivity index (χ0) is 31.4. The maximum absolute atomic E-state index is 10.5. The van der Waals surface area contributed by atoms with Gasteiger partial charge in [0.15, 0.2) is 0 Å². The first-order valence-corrected chi connectivity index (χ1v) is 14.1. The van der Waals surface area contributed by atoms with Gasteiger partial charge in [0.1, 0.15) is 11.7 Å².